The van der Waals surface area contributed by atoms with Gasteiger partial charge in [0, 0.05) is 5.56 Å². The summed E-state index contributed by atoms with van der Waals surface area (Å²) >= 11 is 0. The smallest absolute Gasteiger partial charge is 0.335 e. The molecule has 1 heterocycles. The van der Waals surface area contributed by atoms with Gasteiger partial charge in [0.2, 0.25) is 5.89 Å². The molecule has 0 aliphatic rings. The number of hydrogen-bond donors (Lipinski definition) is 1. The van der Waals surface area contributed by atoms with E-state index in [0.717, 1.165) is 17.5 Å². The van der Waals surface area contributed by atoms with Crippen LogP contribution >= 0.6 is 0 Å². The van der Waals surface area contributed by atoms with E-state index in [0.29, 0.717) is 17.0 Å². The van der Waals surface area contributed by atoms with Crippen molar-refractivity contribution in [2.45, 2.75) is 13.3 Å². The Morgan fingerprint density at radius 1 is 1.25 bits per heavy atom. The number of fused-ring (bicyclic) bond motifs is 1. The Labute approximate surface area is 115 Å². The number of aromatic nitrogens is 1. The van der Waals surface area contributed by atoms with Gasteiger partial charge >= 0.3 is 5.97 Å². The lowest BCUT2D eigenvalue weighted by Gasteiger charge is -2.02. The van der Waals surface area contributed by atoms with Gasteiger partial charge in [-0.3, -0.25) is 0 Å². The van der Waals surface area contributed by atoms with Crippen LogP contribution < -0.4 is 0 Å². The lowest BCUT2D eigenvalue weighted by molar-refractivity contribution is 0.0697. The van der Waals surface area contributed by atoms with Crippen LogP contribution in [0.2, 0.25) is 0 Å². The first-order valence-corrected chi connectivity index (χ1v) is 6.41. The predicted molar refractivity (Wildman–Crippen MR) is 75.8 cm³/mol. The third-order valence-electron chi connectivity index (χ3n) is 3.26. The van der Waals surface area contributed by atoms with Crippen LogP contribution in [0, 0.1) is 0 Å². The number of aromatic carboxylic acids is 1. The number of aryl methyl sites for hydroxylation is 1. The summed E-state index contributed by atoms with van der Waals surface area (Å²) < 4.78 is 5.73. The highest BCUT2D eigenvalue weighted by Crippen LogP contribution is 2.27. The molecule has 1 N–H and O–H groups in total. The highest BCUT2D eigenvalue weighted by Gasteiger charge is 2.13. The molecular weight excluding hydrogens is 254 g/mol. The van der Waals surface area contributed by atoms with Crippen LogP contribution in [0.3, 0.4) is 0 Å². The highest BCUT2D eigenvalue weighted by atomic mass is 16.4. The van der Waals surface area contributed by atoms with E-state index in [4.69, 9.17) is 9.52 Å². The zero-order valence-corrected chi connectivity index (χ0v) is 11.0. The maximum Gasteiger partial charge on any atom is 0.335 e. The molecule has 3 rings (SSSR count). The second-order valence-corrected chi connectivity index (χ2v) is 4.52. The maximum absolute atomic E-state index is 11.0. The zero-order valence-electron chi connectivity index (χ0n) is 11.0. The summed E-state index contributed by atoms with van der Waals surface area (Å²) in [6.07, 6.45) is 0.884. The summed E-state index contributed by atoms with van der Waals surface area (Å²) in [5.74, 6) is -0.439. The molecule has 0 amide bonds. The van der Waals surface area contributed by atoms with Crippen molar-refractivity contribution in [3.05, 3.63) is 53.6 Å². The van der Waals surface area contributed by atoms with Gasteiger partial charge in [-0.15, -0.1) is 0 Å². The molecule has 0 radical (unpaired) electrons. The number of nitrogens with zero attached hydrogens (tertiary/aromatic N) is 1. The van der Waals surface area contributed by atoms with Gasteiger partial charge < -0.3 is 9.52 Å². The Hall–Kier alpha value is -2.62. The Bertz CT molecular complexity index is 789. The van der Waals surface area contributed by atoms with Crippen molar-refractivity contribution in [1.82, 2.24) is 4.98 Å². The van der Waals surface area contributed by atoms with E-state index in [9.17, 15) is 4.79 Å². The molecule has 4 nitrogen and oxygen atoms in total. The number of carboxylic acids is 1. The van der Waals surface area contributed by atoms with E-state index in [1.54, 1.807) is 6.07 Å². The second kappa shape index (κ2) is 4.81. The molecule has 0 fully saturated rings. The van der Waals surface area contributed by atoms with Gasteiger partial charge in [0.15, 0.2) is 5.58 Å². The monoisotopic (exact) mass is 267 g/mol. The fourth-order valence-electron chi connectivity index (χ4n) is 2.21. The summed E-state index contributed by atoms with van der Waals surface area (Å²) in [6.45, 7) is 2.07. The molecule has 20 heavy (non-hydrogen) atoms. The number of hydrogen-bond acceptors (Lipinski definition) is 3. The van der Waals surface area contributed by atoms with Crippen molar-refractivity contribution >= 4 is 17.1 Å². The second-order valence-electron chi connectivity index (χ2n) is 4.52. The molecule has 0 aliphatic carbocycles. The van der Waals surface area contributed by atoms with Crippen molar-refractivity contribution in [2.24, 2.45) is 0 Å². The minimum absolute atomic E-state index is 0.209. The van der Waals surface area contributed by atoms with Gasteiger partial charge in [0.1, 0.15) is 5.52 Å². The van der Waals surface area contributed by atoms with Crippen LogP contribution in [0.15, 0.2) is 46.9 Å². The van der Waals surface area contributed by atoms with Crippen molar-refractivity contribution < 1.29 is 14.3 Å². The van der Waals surface area contributed by atoms with Crippen LogP contribution in [-0.2, 0) is 6.42 Å². The highest BCUT2D eigenvalue weighted by molar-refractivity contribution is 5.92. The molecule has 0 spiro atoms. The Morgan fingerprint density at radius 2 is 2.05 bits per heavy atom. The van der Waals surface area contributed by atoms with Crippen LogP contribution in [0.5, 0.6) is 0 Å². The van der Waals surface area contributed by atoms with Crippen molar-refractivity contribution in [3.63, 3.8) is 0 Å². The third-order valence-corrected chi connectivity index (χ3v) is 3.26. The zero-order chi connectivity index (χ0) is 14.1. The molecule has 1 aromatic heterocycles. The summed E-state index contributed by atoms with van der Waals surface area (Å²) in [6, 6.07) is 12.6. The Kier molecular flexibility index (Phi) is 2.99. The average molecular weight is 267 g/mol. The lowest BCUT2D eigenvalue weighted by atomic mass is 10.1. The third kappa shape index (κ3) is 2.05. The summed E-state index contributed by atoms with van der Waals surface area (Å²) in [7, 11) is 0. The van der Waals surface area contributed by atoms with E-state index in [-0.39, 0.29) is 5.56 Å². The minimum atomic E-state index is -0.967. The standard InChI is InChI=1S/C16H13NO3/c1-2-10-5-3-4-6-12(10)15-17-13-9-11(16(18)19)7-8-14(13)20-15/h3-9H,2H2,1H3,(H,18,19). The molecule has 0 unspecified atom stereocenters. The largest absolute Gasteiger partial charge is 0.478 e. The summed E-state index contributed by atoms with van der Waals surface area (Å²) in [5, 5.41) is 8.99. The van der Waals surface area contributed by atoms with E-state index in [1.807, 2.05) is 24.3 Å². The van der Waals surface area contributed by atoms with Crippen LogP contribution in [0.4, 0.5) is 0 Å². The maximum atomic E-state index is 11.0. The van der Waals surface area contributed by atoms with Gasteiger partial charge in [-0.25, -0.2) is 9.78 Å². The molecule has 4 heteroatoms. The first-order chi connectivity index (χ1) is 9.69. The van der Waals surface area contributed by atoms with E-state index >= 15 is 0 Å². The molecular formula is C16H13NO3. The lowest BCUT2D eigenvalue weighted by Crippen LogP contribution is -1.94. The van der Waals surface area contributed by atoms with Crippen LogP contribution in [0.25, 0.3) is 22.6 Å². The first-order valence-electron chi connectivity index (χ1n) is 6.41. The van der Waals surface area contributed by atoms with Crippen molar-refractivity contribution in [3.8, 4) is 11.5 Å². The number of carbonyl (C=O) groups is 1. The minimum Gasteiger partial charge on any atom is -0.478 e. The number of benzene rings is 2. The fraction of sp³-hybridized carbons (Fsp3) is 0.125. The molecule has 0 aliphatic heterocycles. The number of rotatable bonds is 3. The average Bonchev–Trinajstić information content (AvgIpc) is 2.89. The quantitative estimate of drug-likeness (QED) is 0.784. The van der Waals surface area contributed by atoms with E-state index in [1.165, 1.54) is 12.1 Å². The molecule has 0 saturated heterocycles. The van der Waals surface area contributed by atoms with Crippen molar-refractivity contribution in [2.75, 3.05) is 0 Å². The van der Waals surface area contributed by atoms with E-state index < -0.39 is 5.97 Å². The number of oxazole rings is 1. The molecule has 0 saturated carbocycles. The van der Waals surface area contributed by atoms with Crippen LogP contribution in [-0.4, -0.2) is 16.1 Å². The van der Waals surface area contributed by atoms with Gasteiger partial charge in [-0.05, 0) is 36.2 Å². The Balaban J connectivity index is 2.15. The first kappa shape index (κ1) is 12.4. The molecule has 100 valence electrons. The predicted octanol–water partition coefficient (Wildman–Crippen LogP) is 3.76. The van der Waals surface area contributed by atoms with Crippen molar-refractivity contribution in [1.29, 1.82) is 0 Å². The summed E-state index contributed by atoms with van der Waals surface area (Å²) in [4.78, 5) is 15.4. The molecule has 0 atom stereocenters. The fourth-order valence-corrected chi connectivity index (χ4v) is 2.21. The summed E-state index contributed by atoms with van der Waals surface area (Å²) in [5.41, 5.74) is 3.46. The van der Waals surface area contributed by atoms with E-state index in [2.05, 4.69) is 11.9 Å². The van der Waals surface area contributed by atoms with Gasteiger partial charge in [0.05, 0.1) is 5.56 Å². The van der Waals surface area contributed by atoms with Gasteiger partial charge in [-0.2, -0.15) is 0 Å². The van der Waals surface area contributed by atoms with Gasteiger partial charge in [-0.1, -0.05) is 25.1 Å². The molecule has 3 aromatic rings. The van der Waals surface area contributed by atoms with Gasteiger partial charge in [0.25, 0.3) is 0 Å². The molecule has 2 aromatic carbocycles. The Morgan fingerprint density at radius 3 is 2.80 bits per heavy atom. The normalized spacial score (nSPS) is 10.8. The number of carboxylic acid groups (broad SMARTS) is 1. The molecule has 0 bridgehead atoms. The topological polar surface area (TPSA) is 63.3 Å². The SMILES string of the molecule is CCc1ccccc1-c1nc2cc(C(=O)O)ccc2o1. The van der Waals surface area contributed by atoms with Crippen LogP contribution in [0.1, 0.15) is 22.8 Å².